The monoisotopic (exact) mass is 454 g/mol. The molecule has 0 saturated carbocycles. The molecule has 5 nitrogen and oxygen atoms in total. The number of anilines is 2. The van der Waals surface area contributed by atoms with Crippen molar-refractivity contribution in [3.63, 3.8) is 0 Å². The van der Waals surface area contributed by atoms with Crippen molar-refractivity contribution >= 4 is 44.7 Å². The smallest absolute Gasteiger partial charge is 0.190 e. The van der Waals surface area contributed by atoms with Crippen LogP contribution < -0.4 is 9.64 Å². The third-order valence-corrected chi connectivity index (χ3v) is 6.50. The first-order valence-electron chi connectivity index (χ1n) is 10.6. The van der Waals surface area contributed by atoms with Crippen LogP contribution in [0.15, 0.2) is 42.6 Å². The second-order valence-electron chi connectivity index (χ2n) is 7.53. The normalized spacial score (nSPS) is 11.3. The molecule has 0 amide bonds. The molecule has 7 heteroatoms. The number of nitrogens with zero attached hydrogens (tertiary/aromatic N) is 4. The van der Waals surface area contributed by atoms with Crippen molar-refractivity contribution in [1.29, 1.82) is 0 Å². The number of thiazole rings is 1. The Kier molecular flexibility index (Phi) is 6.49. The number of hydrogen-bond donors (Lipinski definition) is 0. The van der Waals surface area contributed by atoms with E-state index in [1.165, 1.54) is 0 Å². The average Bonchev–Trinajstić information content (AvgIpc) is 3.34. The molecule has 0 fully saturated rings. The highest BCUT2D eigenvalue weighted by Gasteiger charge is 2.19. The Hall–Kier alpha value is -2.57. The summed E-state index contributed by atoms with van der Waals surface area (Å²) in [4.78, 5) is 8.41. The highest BCUT2D eigenvalue weighted by Crippen LogP contribution is 2.39. The maximum Gasteiger partial charge on any atom is 0.190 e. The van der Waals surface area contributed by atoms with Crippen molar-refractivity contribution in [2.24, 2.45) is 0 Å². The van der Waals surface area contributed by atoms with Crippen LogP contribution in [0, 0.1) is 6.92 Å². The molecular formula is C24H27ClN4OS. The highest BCUT2D eigenvalue weighted by molar-refractivity contribution is 7.16. The van der Waals surface area contributed by atoms with E-state index < -0.39 is 0 Å². The lowest BCUT2D eigenvalue weighted by Crippen LogP contribution is -2.17. The zero-order valence-corrected chi connectivity index (χ0v) is 19.9. The van der Waals surface area contributed by atoms with Crippen molar-refractivity contribution < 1.29 is 4.74 Å². The molecule has 2 heterocycles. The number of aromatic nitrogens is 3. The van der Waals surface area contributed by atoms with Crippen molar-refractivity contribution in [3.05, 3.63) is 52.5 Å². The van der Waals surface area contributed by atoms with Crippen molar-refractivity contribution in [3.8, 4) is 17.0 Å². The molecule has 2 aromatic heterocycles. The Bertz CT molecular complexity index is 1200. The number of rotatable bonds is 8. The molecule has 0 N–H and O–H groups in total. The number of ether oxygens (including phenoxy) is 1. The summed E-state index contributed by atoms with van der Waals surface area (Å²) in [6.45, 7) is 8.25. The van der Waals surface area contributed by atoms with Gasteiger partial charge in [-0.3, -0.25) is 4.68 Å². The SMILES string of the molecule is CCCN(c1ccc2cn(CCC)nc2c1)c1nc(-c2ccc(OC)cc2Cl)c(C)s1. The topological polar surface area (TPSA) is 43.2 Å². The molecule has 0 atom stereocenters. The summed E-state index contributed by atoms with van der Waals surface area (Å²) < 4.78 is 7.31. The lowest BCUT2D eigenvalue weighted by Gasteiger charge is -2.21. The van der Waals surface area contributed by atoms with Gasteiger partial charge in [-0.05, 0) is 56.2 Å². The molecule has 0 aliphatic heterocycles. The Balaban J connectivity index is 1.72. The van der Waals surface area contributed by atoms with Gasteiger partial charge in [0, 0.05) is 40.8 Å². The van der Waals surface area contributed by atoms with Gasteiger partial charge in [-0.2, -0.15) is 5.10 Å². The second kappa shape index (κ2) is 9.28. The van der Waals surface area contributed by atoms with Crippen LogP contribution in [0.1, 0.15) is 31.6 Å². The molecular weight excluding hydrogens is 428 g/mol. The average molecular weight is 455 g/mol. The van der Waals surface area contributed by atoms with E-state index in [4.69, 9.17) is 26.4 Å². The number of benzene rings is 2. The lowest BCUT2D eigenvalue weighted by atomic mass is 10.1. The van der Waals surface area contributed by atoms with Crippen molar-refractivity contribution in [2.75, 3.05) is 18.6 Å². The Morgan fingerprint density at radius 2 is 1.97 bits per heavy atom. The molecule has 0 aliphatic carbocycles. The zero-order chi connectivity index (χ0) is 22.0. The summed E-state index contributed by atoms with van der Waals surface area (Å²) in [5.41, 5.74) is 3.96. The molecule has 31 heavy (non-hydrogen) atoms. The third-order valence-electron chi connectivity index (χ3n) is 5.20. The molecule has 0 radical (unpaired) electrons. The summed E-state index contributed by atoms with van der Waals surface area (Å²) in [6, 6.07) is 12.2. The van der Waals surface area contributed by atoms with Crippen molar-refractivity contribution in [2.45, 2.75) is 40.2 Å². The molecule has 4 aromatic rings. The number of aryl methyl sites for hydroxylation is 2. The predicted octanol–water partition coefficient (Wildman–Crippen LogP) is 7.09. The molecule has 0 saturated heterocycles. The van der Waals surface area contributed by atoms with E-state index in [0.29, 0.717) is 5.02 Å². The van der Waals surface area contributed by atoms with Gasteiger partial charge in [-0.25, -0.2) is 4.98 Å². The third kappa shape index (κ3) is 4.41. The zero-order valence-electron chi connectivity index (χ0n) is 18.4. The minimum atomic E-state index is 0.643. The number of halogens is 1. The Morgan fingerprint density at radius 3 is 2.68 bits per heavy atom. The van der Waals surface area contributed by atoms with Crippen LogP contribution in [-0.2, 0) is 6.54 Å². The van der Waals surface area contributed by atoms with Gasteiger partial charge in [0.15, 0.2) is 5.13 Å². The van der Waals surface area contributed by atoms with Gasteiger partial charge in [0.05, 0.1) is 23.3 Å². The number of methoxy groups -OCH3 is 1. The highest BCUT2D eigenvalue weighted by atomic mass is 35.5. The van der Waals surface area contributed by atoms with E-state index in [-0.39, 0.29) is 0 Å². The quantitative estimate of drug-likeness (QED) is 0.285. The van der Waals surface area contributed by atoms with Crippen LogP contribution >= 0.6 is 22.9 Å². The van der Waals surface area contributed by atoms with Gasteiger partial charge >= 0.3 is 0 Å². The fraction of sp³-hybridized carbons (Fsp3) is 0.333. The first-order chi connectivity index (χ1) is 15.0. The minimum absolute atomic E-state index is 0.643. The van der Waals surface area contributed by atoms with Crippen LogP contribution in [-0.4, -0.2) is 28.4 Å². The maximum atomic E-state index is 6.54. The minimum Gasteiger partial charge on any atom is -0.497 e. The Morgan fingerprint density at radius 1 is 1.13 bits per heavy atom. The summed E-state index contributed by atoms with van der Waals surface area (Å²) in [6.07, 6.45) is 4.20. The summed E-state index contributed by atoms with van der Waals surface area (Å²) >= 11 is 8.22. The largest absolute Gasteiger partial charge is 0.497 e. The summed E-state index contributed by atoms with van der Waals surface area (Å²) in [5, 5.41) is 7.51. The molecule has 0 aliphatic rings. The molecule has 2 aromatic carbocycles. The number of fused-ring (bicyclic) bond motifs is 1. The molecule has 0 unspecified atom stereocenters. The van der Waals surface area contributed by atoms with Crippen LogP contribution in [0.4, 0.5) is 10.8 Å². The maximum absolute atomic E-state index is 6.54. The van der Waals surface area contributed by atoms with Gasteiger partial charge < -0.3 is 9.64 Å². The lowest BCUT2D eigenvalue weighted by molar-refractivity contribution is 0.415. The molecule has 0 bridgehead atoms. The molecule has 162 valence electrons. The van der Waals surface area contributed by atoms with E-state index in [2.05, 4.69) is 50.1 Å². The van der Waals surface area contributed by atoms with Crippen molar-refractivity contribution in [1.82, 2.24) is 14.8 Å². The first-order valence-corrected chi connectivity index (χ1v) is 11.8. The van der Waals surface area contributed by atoms with Gasteiger partial charge in [0.2, 0.25) is 0 Å². The fourth-order valence-electron chi connectivity index (χ4n) is 3.69. The van der Waals surface area contributed by atoms with Crippen LogP contribution in [0.3, 0.4) is 0 Å². The van der Waals surface area contributed by atoms with Gasteiger partial charge in [-0.15, -0.1) is 11.3 Å². The van der Waals surface area contributed by atoms with Gasteiger partial charge in [-0.1, -0.05) is 25.4 Å². The van der Waals surface area contributed by atoms with Crippen LogP contribution in [0.2, 0.25) is 5.02 Å². The van der Waals surface area contributed by atoms with E-state index in [9.17, 15) is 0 Å². The number of hydrogen-bond acceptors (Lipinski definition) is 5. The fourth-order valence-corrected chi connectivity index (χ4v) is 4.92. The predicted molar refractivity (Wildman–Crippen MR) is 131 cm³/mol. The second-order valence-corrected chi connectivity index (χ2v) is 9.12. The summed E-state index contributed by atoms with van der Waals surface area (Å²) in [7, 11) is 1.64. The molecule has 0 spiro atoms. The van der Waals surface area contributed by atoms with Crippen LogP contribution in [0.25, 0.3) is 22.2 Å². The van der Waals surface area contributed by atoms with Gasteiger partial charge in [0.1, 0.15) is 5.75 Å². The summed E-state index contributed by atoms with van der Waals surface area (Å²) in [5.74, 6) is 0.741. The first kappa shape index (κ1) is 21.7. The van der Waals surface area contributed by atoms with E-state index in [1.54, 1.807) is 18.4 Å². The van der Waals surface area contributed by atoms with E-state index in [0.717, 1.165) is 69.5 Å². The van der Waals surface area contributed by atoms with E-state index >= 15 is 0 Å². The van der Waals surface area contributed by atoms with E-state index in [1.807, 2.05) is 22.9 Å². The Labute approximate surface area is 192 Å². The molecule has 4 rings (SSSR count). The van der Waals surface area contributed by atoms with Crippen LogP contribution in [0.5, 0.6) is 5.75 Å². The van der Waals surface area contributed by atoms with Gasteiger partial charge in [0.25, 0.3) is 0 Å². The standard InChI is InChI=1S/C24H27ClN4OS/c1-5-11-28-15-17-7-8-18(13-22(17)27-28)29(12-6-2)24-26-23(16(3)31-24)20-10-9-19(30-4)14-21(20)25/h7-10,13-15H,5-6,11-12H2,1-4H3.